The molecule has 0 radical (unpaired) electrons. The molecule has 0 bridgehead atoms. The van der Waals surface area contributed by atoms with Crippen LogP contribution in [-0.2, 0) is 6.54 Å². The fraction of sp³-hybridized carbons (Fsp3) is 0.0588. The van der Waals surface area contributed by atoms with Gasteiger partial charge in [0.05, 0.1) is 0 Å². The molecule has 1 N–H and O–H groups in total. The fourth-order valence-electron chi connectivity index (χ4n) is 2.24. The first-order chi connectivity index (χ1) is 9.74. The number of rotatable bonds is 3. The summed E-state index contributed by atoms with van der Waals surface area (Å²) in [6.45, 7) is 0.708. The Morgan fingerprint density at radius 3 is 2.60 bits per heavy atom. The lowest BCUT2D eigenvalue weighted by Crippen LogP contribution is -2.00. The third-order valence-electron chi connectivity index (χ3n) is 3.27. The van der Waals surface area contributed by atoms with Crippen molar-refractivity contribution < 1.29 is 0 Å². The molecule has 0 amide bonds. The van der Waals surface area contributed by atoms with E-state index in [1.54, 1.807) is 0 Å². The summed E-state index contributed by atoms with van der Waals surface area (Å²) in [5.41, 5.74) is 2.21. The van der Waals surface area contributed by atoms with Crippen molar-refractivity contribution in [2.75, 3.05) is 5.32 Å². The van der Waals surface area contributed by atoms with Crippen LogP contribution in [0.5, 0.6) is 0 Å². The lowest BCUT2D eigenvalue weighted by atomic mass is 10.1. The molecule has 0 heterocycles. The van der Waals surface area contributed by atoms with Crippen LogP contribution in [0.4, 0.5) is 5.69 Å². The molecule has 0 atom stereocenters. The Morgan fingerprint density at radius 1 is 0.950 bits per heavy atom. The Bertz CT molecular complexity index is 750. The van der Waals surface area contributed by atoms with Gasteiger partial charge in [-0.15, -0.1) is 0 Å². The van der Waals surface area contributed by atoms with E-state index >= 15 is 0 Å². The largest absolute Gasteiger partial charge is 0.380 e. The molecule has 3 rings (SSSR count). The van der Waals surface area contributed by atoms with Gasteiger partial charge >= 0.3 is 0 Å². The normalized spacial score (nSPS) is 10.7. The van der Waals surface area contributed by atoms with Crippen molar-refractivity contribution in [2.45, 2.75) is 6.54 Å². The van der Waals surface area contributed by atoms with Gasteiger partial charge in [0, 0.05) is 27.1 Å². The summed E-state index contributed by atoms with van der Waals surface area (Å²) in [5, 5.41) is 6.70. The summed E-state index contributed by atoms with van der Waals surface area (Å²) < 4.78 is 0.997. The Morgan fingerprint density at radius 2 is 1.75 bits per heavy atom. The molecule has 3 heteroatoms. The standard InChI is InChI=1S/C17H13BrClN/c18-14-9-8-13(16(19)10-14)11-20-17-7-3-5-12-4-1-2-6-15(12)17/h1-10,20H,11H2. The fourth-order valence-corrected chi connectivity index (χ4v) is 2.98. The highest BCUT2D eigenvalue weighted by Gasteiger charge is 2.03. The van der Waals surface area contributed by atoms with E-state index in [1.807, 2.05) is 18.2 Å². The molecule has 0 saturated heterocycles. The molecule has 0 spiro atoms. The Balaban J connectivity index is 1.87. The van der Waals surface area contributed by atoms with E-state index in [4.69, 9.17) is 11.6 Å². The van der Waals surface area contributed by atoms with E-state index in [0.29, 0.717) is 6.54 Å². The third-order valence-corrected chi connectivity index (χ3v) is 4.12. The van der Waals surface area contributed by atoms with Crippen molar-refractivity contribution in [2.24, 2.45) is 0 Å². The highest BCUT2D eigenvalue weighted by Crippen LogP contribution is 2.26. The first kappa shape index (κ1) is 13.5. The van der Waals surface area contributed by atoms with Gasteiger partial charge in [-0.05, 0) is 29.1 Å². The summed E-state index contributed by atoms with van der Waals surface area (Å²) in [5.74, 6) is 0. The van der Waals surface area contributed by atoms with Gasteiger partial charge in [0.15, 0.2) is 0 Å². The summed E-state index contributed by atoms with van der Waals surface area (Å²) in [6, 6.07) is 20.6. The predicted octanol–water partition coefficient (Wildman–Crippen LogP) is 5.87. The second-order valence-corrected chi connectivity index (χ2v) is 5.94. The van der Waals surface area contributed by atoms with Crippen LogP contribution < -0.4 is 5.32 Å². The molecule has 1 nitrogen and oxygen atoms in total. The summed E-state index contributed by atoms with van der Waals surface area (Å²) in [7, 11) is 0. The highest BCUT2D eigenvalue weighted by molar-refractivity contribution is 9.10. The third kappa shape index (κ3) is 2.82. The number of anilines is 1. The Labute approximate surface area is 131 Å². The van der Waals surface area contributed by atoms with E-state index < -0.39 is 0 Å². The number of benzene rings is 3. The lowest BCUT2D eigenvalue weighted by Gasteiger charge is -2.11. The van der Waals surface area contributed by atoms with E-state index in [-0.39, 0.29) is 0 Å². The van der Waals surface area contributed by atoms with Crippen LogP contribution >= 0.6 is 27.5 Å². The van der Waals surface area contributed by atoms with Crippen LogP contribution in [0.3, 0.4) is 0 Å². The summed E-state index contributed by atoms with van der Waals surface area (Å²) in [6.07, 6.45) is 0. The van der Waals surface area contributed by atoms with Crippen molar-refractivity contribution in [3.63, 3.8) is 0 Å². The molecule has 0 aliphatic heterocycles. The molecule has 0 saturated carbocycles. The monoisotopic (exact) mass is 345 g/mol. The molecule has 3 aromatic carbocycles. The minimum Gasteiger partial charge on any atom is -0.380 e. The molecule has 20 heavy (non-hydrogen) atoms. The van der Waals surface area contributed by atoms with Crippen molar-refractivity contribution in [1.29, 1.82) is 0 Å². The zero-order valence-electron chi connectivity index (χ0n) is 10.7. The summed E-state index contributed by atoms with van der Waals surface area (Å²) in [4.78, 5) is 0. The van der Waals surface area contributed by atoms with Gasteiger partial charge in [-0.2, -0.15) is 0 Å². The van der Waals surface area contributed by atoms with E-state index in [2.05, 4.69) is 63.7 Å². The van der Waals surface area contributed by atoms with Gasteiger partial charge in [-0.1, -0.05) is 70.0 Å². The molecule has 0 aliphatic carbocycles. The van der Waals surface area contributed by atoms with E-state index in [9.17, 15) is 0 Å². The van der Waals surface area contributed by atoms with Gasteiger partial charge < -0.3 is 5.32 Å². The van der Waals surface area contributed by atoms with Crippen molar-refractivity contribution in [3.05, 3.63) is 75.7 Å². The lowest BCUT2D eigenvalue weighted by molar-refractivity contribution is 1.15. The number of hydrogen-bond donors (Lipinski definition) is 1. The zero-order valence-corrected chi connectivity index (χ0v) is 13.1. The number of nitrogens with one attached hydrogen (secondary N) is 1. The molecule has 3 aromatic rings. The van der Waals surface area contributed by atoms with E-state index in [0.717, 1.165) is 20.7 Å². The maximum atomic E-state index is 6.24. The second kappa shape index (κ2) is 5.86. The second-order valence-electron chi connectivity index (χ2n) is 4.62. The molecule has 100 valence electrons. The van der Waals surface area contributed by atoms with Gasteiger partial charge in [0.25, 0.3) is 0 Å². The average Bonchev–Trinajstić information content (AvgIpc) is 2.46. The molecule has 0 aromatic heterocycles. The zero-order chi connectivity index (χ0) is 13.9. The van der Waals surface area contributed by atoms with Crippen LogP contribution in [0.25, 0.3) is 10.8 Å². The van der Waals surface area contributed by atoms with Crippen LogP contribution in [0.2, 0.25) is 5.02 Å². The molecule has 0 unspecified atom stereocenters. The van der Waals surface area contributed by atoms with Gasteiger partial charge in [0.1, 0.15) is 0 Å². The van der Waals surface area contributed by atoms with Crippen LogP contribution in [0.15, 0.2) is 65.1 Å². The van der Waals surface area contributed by atoms with Crippen LogP contribution in [0.1, 0.15) is 5.56 Å². The molecule has 0 fully saturated rings. The Hall–Kier alpha value is -1.51. The van der Waals surface area contributed by atoms with Crippen molar-refractivity contribution in [3.8, 4) is 0 Å². The summed E-state index contributed by atoms with van der Waals surface area (Å²) >= 11 is 9.66. The van der Waals surface area contributed by atoms with Crippen LogP contribution in [0, 0.1) is 0 Å². The quantitative estimate of drug-likeness (QED) is 0.625. The van der Waals surface area contributed by atoms with Crippen molar-refractivity contribution in [1.82, 2.24) is 0 Å². The predicted molar refractivity (Wildman–Crippen MR) is 90.4 cm³/mol. The van der Waals surface area contributed by atoms with Crippen molar-refractivity contribution >= 4 is 44.0 Å². The SMILES string of the molecule is Clc1cc(Br)ccc1CNc1cccc2ccccc12. The van der Waals surface area contributed by atoms with Crippen LogP contribution in [-0.4, -0.2) is 0 Å². The van der Waals surface area contributed by atoms with E-state index in [1.165, 1.54) is 10.8 Å². The minimum absolute atomic E-state index is 0.708. The maximum Gasteiger partial charge on any atom is 0.0467 e. The molecular formula is C17H13BrClN. The minimum atomic E-state index is 0.708. The topological polar surface area (TPSA) is 12.0 Å². The molecule has 0 aliphatic rings. The Kier molecular flexibility index (Phi) is 3.95. The smallest absolute Gasteiger partial charge is 0.0467 e. The van der Waals surface area contributed by atoms with Gasteiger partial charge in [-0.25, -0.2) is 0 Å². The van der Waals surface area contributed by atoms with Gasteiger partial charge in [-0.3, -0.25) is 0 Å². The number of fused-ring (bicyclic) bond motifs is 1. The first-order valence-corrected chi connectivity index (χ1v) is 7.57. The number of hydrogen-bond acceptors (Lipinski definition) is 1. The number of halogens is 2. The maximum absolute atomic E-state index is 6.24. The molecular weight excluding hydrogens is 334 g/mol. The first-order valence-electron chi connectivity index (χ1n) is 6.39. The average molecular weight is 347 g/mol. The highest BCUT2D eigenvalue weighted by atomic mass is 79.9. The van der Waals surface area contributed by atoms with Gasteiger partial charge in [0.2, 0.25) is 0 Å².